The summed E-state index contributed by atoms with van der Waals surface area (Å²) < 4.78 is 6.40. The average molecular weight is 518 g/mol. The van der Waals surface area contributed by atoms with E-state index in [9.17, 15) is 19.6 Å². The number of halogens is 1. The Balaban J connectivity index is 1.60. The summed E-state index contributed by atoms with van der Waals surface area (Å²) in [6.07, 6.45) is 1.43. The molecule has 0 spiro atoms. The number of benzene rings is 3. The molecule has 0 aliphatic rings. The highest BCUT2D eigenvalue weighted by molar-refractivity contribution is 9.10. The molecule has 0 heterocycles. The molecule has 0 bridgehead atoms. The molecule has 3 rings (SSSR count). The number of anilines is 2. The van der Waals surface area contributed by atoms with Gasteiger partial charge in [0.1, 0.15) is 17.4 Å². The zero-order valence-electron chi connectivity index (χ0n) is 18.2. The van der Waals surface area contributed by atoms with E-state index in [1.165, 1.54) is 13.0 Å². The van der Waals surface area contributed by atoms with Crippen molar-refractivity contribution in [2.45, 2.75) is 6.92 Å². The third kappa shape index (κ3) is 6.89. The lowest BCUT2D eigenvalue weighted by atomic mass is 10.1. The van der Waals surface area contributed by atoms with Crippen LogP contribution in [0.2, 0.25) is 0 Å². The summed E-state index contributed by atoms with van der Waals surface area (Å²) in [4.78, 5) is 36.3. The maximum atomic E-state index is 12.6. The highest BCUT2D eigenvalue weighted by atomic mass is 79.9. The Morgan fingerprint density at radius 3 is 2.29 bits per heavy atom. The minimum atomic E-state index is -0.624. The van der Waals surface area contributed by atoms with Crippen LogP contribution in [0, 0.1) is 11.3 Å². The number of amides is 2. The normalized spacial score (nSPS) is 10.7. The summed E-state index contributed by atoms with van der Waals surface area (Å²) in [6.45, 7) is 1.23. The molecule has 0 unspecified atom stereocenters. The van der Waals surface area contributed by atoms with Gasteiger partial charge in [0, 0.05) is 15.7 Å². The van der Waals surface area contributed by atoms with E-state index in [-0.39, 0.29) is 23.9 Å². The topological polar surface area (TPSA) is 108 Å². The second-order valence-corrected chi connectivity index (χ2v) is 8.05. The second kappa shape index (κ2) is 11.6. The number of rotatable bonds is 8. The molecule has 170 valence electrons. The maximum Gasteiger partial charge on any atom is 0.266 e. The maximum absolute atomic E-state index is 12.6. The van der Waals surface area contributed by atoms with Crippen molar-refractivity contribution < 1.29 is 19.1 Å². The minimum Gasteiger partial charge on any atom is -0.484 e. The predicted molar refractivity (Wildman–Crippen MR) is 133 cm³/mol. The van der Waals surface area contributed by atoms with E-state index in [4.69, 9.17) is 4.74 Å². The third-order valence-electron chi connectivity index (χ3n) is 4.61. The van der Waals surface area contributed by atoms with Gasteiger partial charge < -0.3 is 15.4 Å². The lowest BCUT2D eigenvalue weighted by Crippen LogP contribution is -2.20. The van der Waals surface area contributed by atoms with E-state index in [2.05, 4.69) is 26.6 Å². The summed E-state index contributed by atoms with van der Waals surface area (Å²) in [5.74, 6) is -0.664. The van der Waals surface area contributed by atoms with Crippen LogP contribution >= 0.6 is 15.9 Å². The number of ketones is 1. The third-order valence-corrected chi connectivity index (χ3v) is 5.14. The zero-order chi connectivity index (χ0) is 24.5. The van der Waals surface area contributed by atoms with Gasteiger partial charge in [0.05, 0.1) is 5.69 Å². The van der Waals surface area contributed by atoms with E-state index < -0.39 is 5.91 Å². The number of carbonyl (C=O) groups excluding carboxylic acids is 3. The second-order valence-electron chi connectivity index (χ2n) is 7.14. The first-order chi connectivity index (χ1) is 16.4. The van der Waals surface area contributed by atoms with Crippen molar-refractivity contribution >= 4 is 51.0 Å². The van der Waals surface area contributed by atoms with Crippen LogP contribution < -0.4 is 15.4 Å². The van der Waals surface area contributed by atoms with E-state index in [0.29, 0.717) is 28.3 Å². The molecule has 7 nitrogen and oxygen atoms in total. The molecule has 0 saturated heterocycles. The fraction of sp³-hybridized carbons (Fsp3) is 0.0769. The van der Waals surface area contributed by atoms with Crippen LogP contribution in [0.1, 0.15) is 22.8 Å². The number of hydrogen-bond donors (Lipinski definition) is 2. The Bertz CT molecular complexity index is 1280. The molecule has 0 saturated carbocycles. The van der Waals surface area contributed by atoms with Gasteiger partial charge in [-0.15, -0.1) is 0 Å². The number of Topliss-reactive ketones (excluding diaryl/α,β-unsaturated/α-hetero) is 1. The van der Waals surface area contributed by atoms with Crippen molar-refractivity contribution in [3.8, 4) is 11.8 Å². The molecule has 0 radical (unpaired) electrons. The summed E-state index contributed by atoms with van der Waals surface area (Å²) >= 11 is 3.33. The largest absolute Gasteiger partial charge is 0.484 e. The summed E-state index contributed by atoms with van der Waals surface area (Å²) in [6, 6.07) is 22.2. The predicted octanol–water partition coefficient (Wildman–Crippen LogP) is 5.21. The average Bonchev–Trinajstić information content (AvgIpc) is 2.83. The molecule has 3 aromatic rings. The number of nitrogens with one attached hydrogen (secondary N) is 2. The Labute approximate surface area is 205 Å². The van der Waals surface area contributed by atoms with Crippen LogP contribution in [-0.4, -0.2) is 24.2 Å². The van der Waals surface area contributed by atoms with Gasteiger partial charge in [-0.25, -0.2) is 0 Å². The number of carbonyl (C=O) groups is 3. The molecule has 2 amide bonds. The molecule has 0 atom stereocenters. The van der Waals surface area contributed by atoms with Gasteiger partial charge in [0.25, 0.3) is 11.8 Å². The SMILES string of the molecule is CC(=O)c1ccccc1NC(=O)/C(C#N)=C\c1ccc(OCC(=O)Nc2ccc(Br)cc2)cc1. The molecule has 34 heavy (non-hydrogen) atoms. The highest BCUT2D eigenvalue weighted by Crippen LogP contribution is 2.19. The molecular weight excluding hydrogens is 498 g/mol. The van der Waals surface area contributed by atoms with E-state index >= 15 is 0 Å². The lowest BCUT2D eigenvalue weighted by molar-refractivity contribution is -0.118. The van der Waals surface area contributed by atoms with Crippen molar-refractivity contribution in [2.24, 2.45) is 0 Å². The van der Waals surface area contributed by atoms with Crippen molar-refractivity contribution in [1.29, 1.82) is 5.26 Å². The van der Waals surface area contributed by atoms with Gasteiger partial charge in [-0.05, 0) is 67.1 Å². The number of para-hydroxylation sites is 1. The summed E-state index contributed by atoms with van der Waals surface area (Å²) in [5.41, 5.74) is 1.83. The van der Waals surface area contributed by atoms with Gasteiger partial charge in [-0.2, -0.15) is 5.26 Å². The van der Waals surface area contributed by atoms with E-state index in [1.807, 2.05) is 18.2 Å². The molecule has 8 heteroatoms. The van der Waals surface area contributed by atoms with E-state index in [1.54, 1.807) is 60.7 Å². The molecule has 0 fully saturated rings. The summed E-state index contributed by atoms with van der Waals surface area (Å²) in [7, 11) is 0. The Morgan fingerprint density at radius 1 is 0.971 bits per heavy atom. The smallest absolute Gasteiger partial charge is 0.266 e. The van der Waals surface area contributed by atoms with Crippen LogP contribution in [0.25, 0.3) is 6.08 Å². The fourth-order valence-corrected chi connectivity index (χ4v) is 3.21. The summed E-state index contributed by atoms with van der Waals surface area (Å²) in [5, 5.41) is 14.8. The number of ether oxygens (including phenoxy) is 1. The van der Waals surface area contributed by atoms with E-state index in [0.717, 1.165) is 4.47 Å². The first-order valence-corrected chi connectivity index (χ1v) is 11.0. The monoisotopic (exact) mass is 517 g/mol. The van der Waals surface area contributed by atoms with Crippen molar-refractivity contribution in [3.05, 3.63) is 94.0 Å². The molecule has 0 aliphatic heterocycles. The molecular formula is C26H20BrN3O4. The standard InChI is InChI=1S/C26H20BrN3O4/c1-17(31)23-4-2-3-5-24(23)30-26(33)19(15-28)14-18-6-12-22(13-7-18)34-16-25(32)29-21-10-8-20(27)9-11-21/h2-14H,16H2,1H3,(H,29,32)(H,30,33)/b19-14-. The van der Waals surface area contributed by atoms with Crippen LogP contribution in [0.15, 0.2) is 82.8 Å². The van der Waals surface area contributed by atoms with Crippen LogP contribution in [-0.2, 0) is 9.59 Å². The first kappa shape index (κ1) is 24.4. The first-order valence-electron chi connectivity index (χ1n) is 10.2. The van der Waals surface area contributed by atoms with Gasteiger partial charge in [-0.1, -0.05) is 40.2 Å². The van der Waals surface area contributed by atoms with Crippen molar-refractivity contribution in [3.63, 3.8) is 0 Å². The van der Waals surface area contributed by atoms with Gasteiger partial charge >= 0.3 is 0 Å². The quantitative estimate of drug-likeness (QED) is 0.242. The van der Waals surface area contributed by atoms with Crippen LogP contribution in [0.4, 0.5) is 11.4 Å². The minimum absolute atomic E-state index is 0.124. The number of nitrogens with zero attached hydrogens (tertiary/aromatic N) is 1. The Kier molecular flexibility index (Phi) is 8.32. The van der Waals surface area contributed by atoms with Gasteiger partial charge in [0.2, 0.25) is 0 Å². The Hall–Kier alpha value is -4.22. The van der Waals surface area contributed by atoms with Crippen molar-refractivity contribution in [2.75, 3.05) is 17.2 Å². The number of nitriles is 1. The van der Waals surface area contributed by atoms with Crippen molar-refractivity contribution in [1.82, 2.24) is 0 Å². The Morgan fingerprint density at radius 2 is 1.65 bits per heavy atom. The molecule has 0 aromatic heterocycles. The molecule has 3 aromatic carbocycles. The van der Waals surface area contributed by atoms with Gasteiger partial charge in [-0.3, -0.25) is 14.4 Å². The highest BCUT2D eigenvalue weighted by Gasteiger charge is 2.13. The molecule has 2 N–H and O–H groups in total. The molecule has 0 aliphatic carbocycles. The fourth-order valence-electron chi connectivity index (χ4n) is 2.94. The zero-order valence-corrected chi connectivity index (χ0v) is 19.8. The van der Waals surface area contributed by atoms with Gasteiger partial charge in [0.15, 0.2) is 12.4 Å². The number of hydrogen-bond acceptors (Lipinski definition) is 5. The van der Waals surface area contributed by atoms with Crippen LogP contribution in [0.5, 0.6) is 5.75 Å². The lowest BCUT2D eigenvalue weighted by Gasteiger charge is -2.09. The van der Waals surface area contributed by atoms with Crippen LogP contribution in [0.3, 0.4) is 0 Å².